The first kappa shape index (κ1) is 9.75. The highest BCUT2D eigenvalue weighted by Crippen LogP contribution is 2.58. The minimum Gasteiger partial charge on any atom is -0.481 e. The van der Waals surface area contributed by atoms with Gasteiger partial charge in [-0.2, -0.15) is 0 Å². The summed E-state index contributed by atoms with van der Waals surface area (Å²) in [6.45, 7) is 4.54. The summed E-state index contributed by atoms with van der Waals surface area (Å²) in [5.74, 6) is 0.776. The molecule has 2 aliphatic rings. The molecular formula is C12H18O2. The Labute approximate surface area is 85.0 Å². The predicted octanol–water partition coefficient (Wildman–Crippen LogP) is 2.84. The van der Waals surface area contributed by atoms with Crippen molar-refractivity contribution in [1.29, 1.82) is 0 Å². The summed E-state index contributed by atoms with van der Waals surface area (Å²) in [4.78, 5) is 10.5. The van der Waals surface area contributed by atoms with E-state index in [0.29, 0.717) is 5.92 Å². The summed E-state index contributed by atoms with van der Waals surface area (Å²) in [6.07, 6.45) is 6.06. The highest BCUT2D eigenvalue weighted by molar-refractivity contribution is 5.68. The average molecular weight is 194 g/mol. The normalized spacial score (nSPS) is 36.6. The van der Waals surface area contributed by atoms with Gasteiger partial charge in [-0.3, -0.25) is 4.79 Å². The summed E-state index contributed by atoms with van der Waals surface area (Å²) in [7, 11) is 0. The molecule has 0 aromatic rings. The molecule has 2 fully saturated rings. The van der Waals surface area contributed by atoms with Gasteiger partial charge in [0.2, 0.25) is 0 Å². The third-order valence-corrected chi connectivity index (χ3v) is 4.13. The van der Waals surface area contributed by atoms with Gasteiger partial charge in [-0.15, -0.1) is 0 Å². The van der Waals surface area contributed by atoms with Crippen LogP contribution in [0.3, 0.4) is 0 Å². The van der Waals surface area contributed by atoms with E-state index in [1.165, 1.54) is 24.8 Å². The number of hydrogen-bond acceptors (Lipinski definition) is 1. The van der Waals surface area contributed by atoms with Crippen molar-refractivity contribution in [3.8, 4) is 0 Å². The number of carboxylic acids is 1. The first-order valence-electron chi connectivity index (χ1n) is 5.44. The zero-order valence-corrected chi connectivity index (χ0v) is 8.92. The van der Waals surface area contributed by atoms with E-state index in [0.717, 1.165) is 5.92 Å². The second-order valence-corrected chi connectivity index (χ2v) is 5.19. The van der Waals surface area contributed by atoms with Crippen LogP contribution in [0.2, 0.25) is 0 Å². The summed E-state index contributed by atoms with van der Waals surface area (Å²) in [5.41, 5.74) is 1.68. The molecule has 0 saturated heterocycles. The summed E-state index contributed by atoms with van der Waals surface area (Å²) in [5, 5.41) is 8.67. The number of carbonyl (C=O) groups is 1. The van der Waals surface area contributed by atoms with Crippen molar-refractivity contribution in [2.75, 3.05) is 0 Å². The number of rotatable bonds is 2. The van der Waals surface area contributed by atoms with Gasteiger partial charge in [0.1, 0.15) is 0 Å². The van der Waals surface area contributed by atoms with Crippen molar-refractivity contribution >= 4 is 5.97 Å². The topological polar surface area (TPSA) is 37.3 Å². The van der Waals surface area contributed by atoms with Crippen molar-refractivity contribution < 1.29 is 9.90 Å². The molecule has 0 aromatic heterocycles. The van der Waals surface area contributed by atoms with E-state index in [-0.39, 0.29) is 11.8 Å². The van der Waals surface area contributed by atoms with Crippen LogP contribution >= 0.6 is 0 Å². The maximum atomic E-state index is 10.5. The molecule has 2 aliphatic carbocycles. The molecule has 0 radical (unpaired) electrons. The van der Waals surface area contributed by atoms with E-state index in [9.17, 15) is 4.79 Å². The molecule has 2 atom stereocenters. The zero-order valence-electron chi connectivity index (χ0n) is 8.92. The molecule has 0 aromatic carbocycles. The highest BCUT2D eigenvalue weighted by atomic mass is 16.4. The van der Waals surface area contributed by atoms with Gasteiger partial charge in [0, 0.05) is 0 Å². The van der Waals surface area contributed by atoms with Crippen LogP contribution in [0.15, 0.2) is 11.6 Å². The third-order valence-electron chi connectivity index (χ3n) is 4.13. The smallest absolute Gasteiger partial charge is 0.307 e. The lowest BCUT2D eigenvalue weighted by atomic mass is 9.72. The van der Waals surface area contributed by atoms with Gasteiger partial charge in [0.25, 0.3) is 0 Å². The van der Waals surface area contributed by atoms with Crippen LogP contribution in [0.4, 0.5) is 0 Å². The van der Waals surface area contributed by atoms with E-state index < -0.39 is 5.97 Å². The number of fused-ring (bicyclic) bond motifs is 2. The summed E-state index contributed by atoms with van der Waals surface area (Å²) in [6, 6.07) is 0. The van der Waals surface area contributed by atoms with Crippen LogP contribution in [0, 0.1) is 17.3 Å². The predicted molar refractivity (Wildman–Crippen MR) is 54.9 cm³/mol. The molecule has 2 saturated carbocycles. The van der Waals surface area contributed by atoms with Crippen LogP contribution in [0.5, 0.6) is 0 Å². The van der Waals surface area contributed by atoms with Crippen molar-refractivity contribution in [2.24, 2.45) is 17.3 Å². The minimum absolute atomic E-state index is 0.196. The molecular weight excluding hydrogens is 176 g/mol. The molecule has 14 heavy (non-hydrogen) atoms. The number of allylic oxidation sites excluding steroid dienone is 1. The van der Waals surface area contributed by atoms with Gasteiger partial charge in [0.15, 0.2) is 0 Å². The number of hydrogen-bond donors (Lipinski definition) is 1. The fourth-order valence-corrected chi connectivity index (χ4v) is 3.31. The molecule has 2 rings (SSSR count). The van der Waals surface area contributed by atoms with E-state index in [1.807, 2.05) is 6.08 Å². The van der Waals surface area contributed by atoms with E-state index in [4.69, 9.17) is 5.11 Å². The fourth-order valence-electron chi connectivity index (χ4n) is 3.31. The quantitative estimate of drug-likeness (QED) is 0.686. The molecule has 0 spiro atoms. The lowest BCUT2D eigenvalue weighted by molar-refractivity contribution is -0.136. The molecule has 2 unspecified atom stereocenters. The number of carboxylic acid groups (broad SMARTS) is 1. The third kappa shape index (κ3) is 1.37. The molecule has 0 aliphatic heterocycles. The standard InChI is InChI=1S/C12H18O2/c1-12(2)9-4-3-8(7-9)10(12)5-6-11(13)14/h5,8-9H,3-4,6-7H2,1-2H3,(H,13,14)/b10-5+. The Bertz CT molecular complexity index is 289. The van der Waals surface area contributed by atoms with Gasteiger partial charge < -0.3 is 5.11 Å². The fraction of sp³-hybridized carbons (Fsp3) is 0.750. The van der Waals surface area contributed by atoms with Gasteiger partial charge >= 0.3 is 5.97 Å². The molecule has 2 nitrogen and oxygen atoms in total. The second-order valence-electron chi connectivity index (χ2n) is 5.19. The Hall–Kier alpha value is -0.790. The maximum absolute atomic E-state index is 10.5. The lowest BCUT2D eigenvalue weighted by Crippen LogP contribution is -2.22. The van der Waals surface area contributed by atoms with Crippen molar-refractivity contribution in [1.82, 2.24) is 0 Å². The van der Waals surface area contributed by atoms with E-state index in [2.05, 4.69) is 13.8 Å². The molecule has 78 valence electrons. The van der Waals surface area contributed by atoms with Crippen LogP contribution in [-0.2, 0) is 4.79 Å². The van der Waals surface area contributed by atoms with Crippen LogP contribution in [-0.4, -0.2) is 11.1 Å². The molecule has 2 bridgehead atoms. The van der Waals surface area contributed by atoms with Gasteiger partial charge in [-0.1, -0.05) is 25.5 Å². The summed E-state index contributed by atoms with van der Waals surface area (Å²) < 4.78 is 0. The van der Waals surface area contributed by atoms with Crippen molar-refractivity contribution in [3.05, 3.63) is 11.6 Å². The van der Waals surface area contributed by atoms with Crippen LogP contribution in [0.1, 0.15) is 39.5 Å². The van der Waals surface area contributed by atoms with Gasteiger partial charge in [0.05, 0.1) is 6.42 Å². The Morgan fingerprint density at radius 2 is 2.29 bits per heavy atom. The van der Waals surface area contributed by atoms with E-state index in [1.54, 1.807) is 0 Å². The summed E-state index contributed by atoms with van der Waals surface area (Å²) >= 11 is 0. The Morgan fingerprint density at radius 3 is 2.79 bits per heavy atom. The highest BCUT2D eigenvalue weighted by Gasteiger charge is 2.48. The largest absolute Gasteiger partial charge is 0.481 e. The van der Waals surface area contributed by atoms with Gasteiger partial charge in [-0.05, 0) is 36.5 Å². The lowest BCUT2D eigenvalue weighted by Gasteiger charge is -2.32. The van der Waals surface area contributed by atoms with Crippen LogP contribution < -0.4 is 0 Å². The Balaban J connectivity index is 2.19. The van der Waals surface area contributed by atoms with Gasteiger partial charge in [-0.25, -0.2) is 0 Å². The molecule has 0 heterocycles. The minimum atomic E-state index is -0.712. The van der Waals surface area contributed by atoms with Crippen molar-refractivity contribution in [2.45, 2.75) is 39.5 Å². The Kier molecular flexibility index (Phi) is 2.17. The first-order valence-corrected chi connectivity index (χ1v) is 5.44. The monoisotopic (exact) mass is 194 g/mol. The average Bonchev–Trinajstić information content (AvgIpc) is 2.59. The van der Waals surface area contributed by atoms with Crippen molar-refractivity contribution in [3.63, 3.8) is 0 Å². The first-order chi connectivity index (χ1) is 6.51. The van der Waals surface area contributed by atoms with Crippen LogP contribution in [0.25, 0.3) is 0 Å². The molecule has 2 heteroatoms. The molecule has 1 N–H and O–H groups in total. The second kappa shape index (κ2) is 3.11. The number of aliphatic carboxylic acids is 1. The molecule has 0 amide bonds. The Morgan fingerprint density at radius 1 is 1.57 bits per heavy atom. The SMILES string of the molecule is CC1(C)/C(=C/CC(=O)O)C2CCC1C2. The van der Waals surface area contributed by atoms with E-state index >= 15 is 0 Å². The maximum Gasteiger partial charge on any atom is 0.307 e. The zero-order chi connectivity index (χ0) is 10.3.